The molecule has 0 saturated heterocycles. The summed E-state index contributed by atoms with van der Waals surface area (Å²) in [5, 5.41) is 2.71. The quantitative estimate of drug-likeness (QED) is 0.647. The number of anilines is 1. The van der Waals surface area contributed by atoms with Crippen molar-refractivity contribution in [2.24, 2.45) is 0 Å². The molecule has 0 spiro atoms. The molecule has 0 aliphatic heterocycles. The predicted octanol–water partition coefficient (Wildman–Crippen LogP) is 0.143. The highest BCUT2D eigenvalue weighted by Gasteiger charge is 2.25. The molecule has 1 fully saturated rings. The Balaban J connectivity index is 2.14. The van der Waals surface area contributed by atoms with Gasteiger partial charge in [-0.3, -0.25) is 4.79 Å². The fraction of sp³-hybridized carbons (Fsp3) is 0.462. The van der Waals surface area contributed by atoms with Gasteiger partial charge in [0.15, 0.2) is 0 Å². The molecule has 0 heterocycles. The highest BCUT2D eigenvalue weighted by Crippen LogP contribution is 2.28. The number of nitrogens with two attached hydrogens (primary N) is 1. The molecule has 116 valence electrons. The molecule has 1 aliphatic rings. The van der Waals surface area contributed by atoms with Crippen molar-refractivity contribution < 1.29 is 17.9 Å². The van der Waals surface area contributed by atoms with E-state index in [2.05, 4.69) is 10.0 Å². The SMILES string of the molecule is COc1cc(C)c(N)cc1S(=O)(=O)NCC(=O)NC1CC1. The number of carbonyl (C=O) groups is 1. The Morgan fingerprint density at radius 2 is 2.10 bits per heavy atom. The normalized spacial score (nSPS) is 14.8. The molecule has 21 heavy (non-hydrogen) atoms. The van der Waals surface area contributed by atoms with Crippen LogP contribution in [0.3, 0.4) is 0 Å². The number of benzene rings is 1. The summed E-state index contributed by atoms with van der Waals surface area (Å²) in [5.41, 5.74) is 6.81. The van der Waals surface area contributed by atoms with Gasteiger partial charge in [-0.15, -0.1) is 0 Å². The van der Waals surface area contributed by atoms with E-state index < -0.39 is 10.0 Å². The number of ether oxygens (including phenoxy) is 1. The van der Waals surface area contributed by atoms with Crippen LogP contribution >= 0.6 is 0 Å². The third-order valence-electron chi connectivity index (χ3n) is 3.21. The van der Waals surface area contributed by atoms with Crippen molar-refractivity contribution >= 4 is 21.6 Å². The molecule has 1 amide bonds. The molecule has 0 radical (unpaired) electrons. The summed E-state index contributed by atoms with van der Waals surface area (Å²) in [6.45, 7) is 1.44. The van der Waals surface area contributed by atoms with E-state index in [1.807, 2.05) is 0 Å². The summed E-state index contributed by atoms with van der Waals surface area (Å²) in [6.07, 6.45) is 1.89. The molecule has 4 N–H and O–H groups in total. The van der Waals surface area contributed by atoms with Gasteiger partial charge in [0, 0.05) is 11.7 Å². The fourth-order valence-corrected chi connectivity index (χ4v) is 2.96. The lowest BCUT2D eigenvalue weighted by Crippen LogP contribution is -2.37. The molecule has 7 nitrogen and oxygen atoms in total. The zero-order chi connectivity index (χ0) is 15.6. The third-order valence-corrected chi connectivity index (χ3v) is 4.63. The molecule has 1 aromatic carbocycles. The lowest BCUT2D eigenvalue weighted by atomic mass is 10.2. The van der Waals surface area contributed by atoms with Gasteiger partial charge < -0.3 is 15.8 Å². The number of rotatable bonds is 6. The van der Waals surface area contributed by atoms with Crippen LogP contribution in [0.2, 0.25) is 0 Å². The summed E-state index contributed by atoms with van der Waals surface area (Å²) >= 11 is 0. The van der Waals surface area contributed by atoms with Crippen molar-refractivity contribution in [2.75, 3.05) is 19.4 Å². The Hall–Kier alpha value is -1.80. The average Bonchev–Trinajstić information content (AvgIpc) is 3.23. The fourth-order valence-electron chi connectivity index (χ4n) is 1.79. The monoisotopic (exact) mass is 313 g/mol. The molecule has 0 aromatic heterocycles. The Labute approximate surface area is 123 Å². The lowest BCUT2D eigenvalue weighted by Gasteiger charge is -2.13. The highest BCUT2D eigenvalue weighted by molar-refractivity contribution is 7.89. The van der Waals surface area contributed by atoms with Gasteiger partial charge in [0.2, 0.25) is 15.9 Å². The zero-order valence-corrected chi connectivity index (χ0v) is 12.8. The van der Waals surface area contributed by atoms with Gasteiger partial charge in [0.25, 0.3) is 0 Å². The van der Waals surface area contributed by atoms with Crippen LogP contribution in [-0.4, -0.2) is 34.0 Å². The number of carbonyl (C=O) groups excluding carboxylic acids is 1. The average molecular weight is 313 g/mol. The molecule has 0 atom stereocenters. The second-order valence-corrected chi connectivity index (χ2v) is 6.76. The molecule has 1 aliphatic carbocycles. The second-order valence-electron chi connectivity index (χ2n) is 5.03. The first kappa shape index (κ1) is 15.6. The van der Waals surface area contributed by atoms with Crippen molar-refractivity contribution in [1.29, 1.82) is 0 Å². The maximum absolute atomic E-state index is 12.3. The van der Waals surface area contributed by atoms with Crippen LogP contribution in [0, 0.1) is 6.92 Å². The number of amides is 1. The number of methoxy groups -OCH3 is 1. The van der Waals surface area contributed by atoms with Crippen LogP contribution in [-0.2, 0) is 14.8 Å². The van der Waals surface area contributed by atoms with E-state index in [1.165, 1.54) is 13.2 Å². The minimum absolute atomic E-state index is 0.0766. The Kier molecular flexibility index (Phi) is 4.38. The van der Waals surface area contributed by atoms with Crippen molar-refractivity contribution in [3.05, 3.63) is 17.7 Å². The molecule has 0 bridgehead atoms. The number of sulfonamides is 1. The van der Waals surface area contributed by atoms with Gasteiger partial charge in [-0.2, -0.15) is 0 Å². The van der Waals surface area contributed by atoms with Crippen LogP contribution in [0.1, 0.15) is 18.4 Å². The second kappa shape index (κ2) is 5.90. The molecule has 2 rings (SSSR count). The van der Waals surface area contributed by atoms with E-state index in [0.29, 0.717) is 5.69 Å². The first-order valence-corrected chi connectivity index (χ1v) is 8.05. The van der Waals surface area contributed by atoms with Crippen molar-refractivity contribution in [1.82, 2.24) is 10.0 Å². The summed E-state index contributed by atoms with van der Waals surface area (Å²) in [7, 11) is -2.49. The minimum atomic E-state index is -3.87. The first-order valence-electron chi connectivity index (χ1n) is 6.56. The van der Waals surface area contributed by atoms with Gasteiger partial charge in [0.1, 0.15) is 10.6 Å². The molecular formula is C13H19N3O4S. The summed E-state index contributed by atoms with van der Waals surface area (Å²) < 4.78 is 31.8. The van der Waals surface area contributed by atoms with Gasteiger partial charge >= 0.3 is 0 Å². The zero-order valence-electron chi connectivity index (χ0n) is 12.0. The third kappa shape index (κ3) is 3.85. The number of nitrogen functional groups attached to an aromatic ring is 1. The van der Waals surface area contributed by atoms with Gasteiger partial charge in [-0.05, 0) is 37.5 Å². The lowest BCUT2D eigenvalue weighted by molar-refractivity contribution is -0.120. The van der Waals surface area contributed by atoms with Crippen molar-refractivity contribution in [3.8, 4) is 5.75 Å². The van der Waals surface area contributed by atoms with Crippen LogP contribution in [0.4, 0.5) is 5.69 Å². The highest BCUT2D eigenvalue weighted by atomic mass is 32.2. The van der Waals surface area contributed by atoms with Crippen LogP contribution in [0.15, 0.2) is 17.0 Å². The van der Waals surface area contributed by atoms with E-state index in [4.69, 9.17) is 10.5 Å². The Morgan fingerprint density at radius 1 is 1.43 bits per heavy atom. The van der Waals surface area contributed by atoms with Crippen LogP contribution in [0.5, 0.6) is 5.75 Å². The van der Waals surface area contributed by atoms with E-state index in [1.54, 1.807) is 13.0 Å². The maximum Gasteiger partial charge on any atom is 0.244 e. The maximum atomic E-state index is 12.3. The molecule has 0 unspecified atom stereocenters. The van der Waals surface area contributed by atoms with Gasteiger partial charge in [0.05, 0.1) is 13.7 Å². The topological polar surface area (TPSA) is 111 Å². The Morgan fingerprint density at radius 3 is 2.67 bits per heavy atom. The molecule has 8 heteroatoms. The number of nitrogens with one attached hydrogen (secondary N) is 2. The number of hydrogen-bond acceptors (Lipinski definition) is 5. The van der Waals surface area contributed by atoms with Gasteiger partial charge in [-0.1, -0.05) is 0 Å². The van der Waals surface area contributed by atoms with Crippen molar-refractivity contribution in [2.45, 2.75) is 30.7 Å². The van der Waals surface area contributed by atoms with Crippen molar-refractivity contribution in [3.63, 3.8) is 0 Å². The summed E-state index contributed by atoms with van der Waals surface area (Å²) in [6, 6.07) is 3.07. The van der Waals surface area contributed by atoms with E-state index in [9.17, 15) is 13.2 Å². The standard InChI is InChI=1S/C13H19N3O4S/c1-8-5-11(20-2)12(6-10(8)14)21(18,19)15-7-13(17)16-9-3-4-9/h5-6,9,15H,3-4,7,14H2,1-2H3,(H,16,17). The van der Waals surface area contributed by atoms with E-state index >= 15 is 0 Å². The van der Waals surface area contributed by atoms with Crippen LogP contribution < -0.4 is 20.5 Å². The molecular weight excluding hydrogens is 294 g/mol. The summed E-state index contributed by atoms with van der Waals surface area (Å²) in [5.74, 6) is -0.156. The van der Waals surface area contributed by atoms with Gasteiger partial charge in [-0.25, -0.2) is 13.1 Å². The van der Waals surface area contributed by atoms with E-state index in [-0.39, 0.29) is 29.1 Å². The first-order chi connectivity index (χ1) is 9.83. The number of hydrogen-bond donors (Lipinski definition) is 3. The minimum Gasteiger partial charge on any atom is -0.495 e. The smallest absolute Gasteiger partial charge is 0.244 e. The molecule has 1 saturated carbocycles. The Bertz CT molecular complexity index is 654. The largest absolute Gasteiger partial charge is 0.495 e. The number of aryl methyl sites for hydroxylation is 1. The summed E-state index contributed by atoms with van der Waals surface area (Å²) in [4.78, 5) is 11.5. The molecule has 1 aromatic rings. The van der Waals surface area contributed by atoms with Crippen LogP contribution in [0.25, 0.3) is 0 Å². The predicted molar refractivity (Wildman–Crippen MR) is 78.5 cm³/mol. The van der Waals surface area contributed by atoms with E-state index in [0.717, 1.165) is 18.4 Å².